The van der Waals surface area contributed by atoms with Crippen LogP contribution in [0.3, 0.4) is 0 Å². The molecular formula is C60H71N3O12. The number of amides is 2. The van der Waals surface area contributed by atoms with Gasteiger partial charge in [-0.25, -0.2) is 0 Å². The van der Waals surface area contributed by atoms with Crippen molar-refractivity contribution in [3.63, 3.8) is 0 Å². The Labute approximate surface area is 438 Å². The number of carbonyl (C=O) groups excluding carboxylic acids is 2. The zero-order valence-corrected chi connectivity index (χ0v) is 43.2. The fraction of sp³-hybridized carbons (Fsp3) is 0.533. The Bertz CT molecular complexity index is 2920. The average molecular weight is 1030 g/mol. The zero-order chi connectivity index (χ0) is 51.9. The largest absolute Gasteiger partial charge is 0.502 e. The lowest BCUT2D eigenvalue weighted by molar-refractivity contribution is -0.156. The third kappa shape index (κ3) is 7.75. The second-order valence-electron chi connectivity index (χ2n) is 22.6. The van der Waals surface area contributed by atoms with E-state index in [4.69, 9.17) is 23.7 Å². The Hall–Kier alpha value is -5.84. The molecule has 2 amide bonds. The van der Waals surface area contributed by atoms with E-state index in [0.29, 0.717) is 77.8 Å². The first kappa shape index (κ1) is 50.0. The molecule has 0 radical (unpaired) electrons. The molecule has 3 fully saturated rings. The Morgan fingerprint density at radius 3 is 2.37 bits per heavy atom. The van der Waals surface area contributed by atoms with Crippen LogP contribution in [0, 0.1) is 29.6 Å². The Morgan fingerprint density at radius 1 is 0.867 bits per heavy atom. The Kier molecular flexibility index (Phi) is 13.1. The SMILES string of the molecule is CCNCOc1cc(OC)c2c3c1[C@@H](O)Nc1cc4c(c(c1-3)CC2)[C@@H](O)[C@H](c1cc(OC)c(O)c(OC[C@H](CO)[C@]23C[C@H](C5(N6C(=O)C=CC6=O)CCCCC5)C[C@H]5[C@@H](CCO)C[C@H](C[C@H]52)c2ccccc23)c1)CO4. The maximum absolute atomic E-state index is 13.8. The molecule has 10 atom stereocenters. The number of hydrogen-bond acceptors (Lipinski definition) is 14. The van der Waals surface area contributed by atoms with Gasteiger partial charge in [0, 0.05) is 76.1 Å². The predicted octanol–water partition coefficient (Wildman–Crippen LogP) is 7.83. The quantitative estimate of drug-likeness (QED) is 0.0324. The number of ether oxygens (including phenoxy) is 5. The minimum absolute atomic E-state index is 0.0273. The highest BCUT2D eigenvalue weighted by molar-refractivity contribution is 6.13. The van der Waals surface area contributed by atoms with Crippen LogP contribution in [0.5, 0.6) is 34.5 Å². The number of benzene rings is 4. The number of nitrogens with one attached hydrogen (secondary N) is 2. The summed E-state index contributed by atoms with van der Waals surface area (Å²) in [7, 11) is 3.11. The van der Waals surface area contributed by atoms with Crippen molar-refractivity contribution in [3.8, 4) is 45.6 Å². The maximum atomic E-state index is 13.8. The fourth-order valence-electron chi connectivity index (χ4n) is 16.3. The number of rotatable bonds is 16. The minimum atomic E-state index is -1.07. The summed E-state index contributed by atoms with van der Waals surface area (Å²) in [5.41, 5.74) is 7.23. The predicted molar refractivity (Wildman–Crippen MR) is 279 cm³/mol. The number of imide groups is 1. The van der Waals surface area contributed by atoms with E-state index in [-0.39, 0.29) is 85.9 Å². The molecule has 0 spiro atoms. The Morgan fingerprint density at radius 2 is 1.63 bits per heavy atom. The molecule has 398 valence electrons. The normalized spacial score (nSPS) is 28.8. The summed E-state index contributed by atoms with van der Waals surface area (Å²) in [5.74, 6) is 0.890. The molecule has 3 heterocycles. The molecule has 7 N–H and O–H groups in total. The van der Waals surface area contributed by atoms with Gasteiger partial charge in [-0.05, 0) is 128 Å². The van der Waals surface area contributed by atoms with Gasteiger partial charge in [0.2, 0.25) is 5.75 Å². The van der Waals surface area contributed by atoms with Crippen molar-refractivity contribution in [2.24, 2.45) is 29.6 Å². The van der Waals surface area contributed by atoms with E-state index in [0.717, 1.165) is 73.6 Å². The lowest BCUT2D eigenvalue weighted by Crippen LogP contribution is -2.65. The fourth-order valence-corrected chi connectivity index (χ4v) is 16.3. The van der Waals surface area contributed by atoms with Crippen molar-refractivity contribution in [2.45, 2.75) is 119 Å². The highest BCUT2D eigenvalue weighted by Gasteiger charge is 2.64. The van der Waals surface area contributed by atoms with E-state index < -0.39 is 35.1 Å². The number of aromatic hydroxyl groups is 1. The summed E-state index contributed by atoms with van der Waals surface area (Å²) in [6.45, 7) is 2.91. The topological polar surface area (TPSA) is 209 Å². The molecule has 3 aliphatic heterocycles. The molecule has 15 nitrogen and oxygen atoms in total. The number of aliphatic hydroxyl groups is 4. The first-order valence-electron chi connectivity index (χ1n) is 27.4. The van der Waals surface area contributed by atoms with Gasteiger partial charge in [-0.15, -0.1) is 0 Å². The standard InChI is InChI=1S/C60H71N3O12/c1-4-61-31-75-47-26-45(71-2)38-12-13-39-52-44(62-58(70)55(47)54(38)52)25-46-53(39)56(68)41(30-74-46)34-22-48(72-3)57(69)49(23-34)73-29-36(28-65)60-27-35(59(17-8-5-9-18-59)63-50(66)14-15-51(63)67)24-40-32(16-19-64)20-33(21-43(40)60)37-10-6-7-11-42(37)60/h6-7,10-11,14-15,22-23,25-26,32-33,35-36,40-41,43,56,58,61-62,64-65,68-70H,4-5,8-9,12-13,16-21,24,27-31H2,1-3H3/t32-,33+,35+,36-,40-,41-,43+,56-,58+,60-/m0/s1. The van der Waals surface area contributed by atoms with Crippen molar-refractivity contribution < 1.29 is 58.8 Å². The summed E-state index contributed by atoms with van der Waals surface area (Å²) in [6.07, 6.45) is 10.2. The molecule has 75 heavy (non-hydrogen) atoms. The highest BCUT2D eigenvalue weighted by Crippen LogP contribution is 2.68. The molecule has 15 heteroatoms. The van der Waals surface area contributed by atoms with Gasteiger partial charge in [0.25, 0.3) is 11.8 Å². The van der Waals surface area contributed by atoms with Crippen molar-refractivity contribution in [1.29, 1.82) is 0 Å². The summed E-state index contributed by atoms with van der Waals surface area (Å²) in [5, 5.41) is 65.3. The van der Waals surface area contributed by atoms with Gasteiger partial charge in [-0.2, -0.15) is 0 Å². The van der Waals surface area contributed by atoms with Gasteiger partial charge in [-0.3, -0.25) is 19.8 Å². The second kappa shape index (κ2) is 19.6. The molecule has 4 aromatic carbocycles. The zero-order valence-electron chi connectivity index (χ0n) is 43.2. The summed E-state index contributed by atoms with van der Waals surface area (Å²) in [6, 6.07) is 15.8. The number of fused-ring (bicyclic) bond motifs is 6. The van der Waals surface area contributed by atoms with E-state index in [9.17, 15) is 35.1 Å². The Balaban J connectivity index is 0.911. The van der Waals surface area contributed by atoms with Gasteiger partial charge >= 0.3 is 0 Å². The van der Waals surface area contributed by atoms with Crippen LogP contribution >= 0.6 is 0 Å². The maximum Gasteiger partial charge on any atom is 0.254 e. The van der Waals surface area contributed by atoms with Crippen LogP contribution < -0.4 is 34.3 Å². The van der Waals surface area contributed by atoms with Crippen LogP contribution in [0.1, 0.15) is 134 Å². The lowest BCUT2D eigenvalue weighted by atomic mass is 9.40. The number of aliphatic hydroxyl groups excluding tert-OH is 4. The minimum Gasteiger partial charge on any atom is -0.502 e. The number of nitrogens with zero attached hydrogens (tertiary/aromatic N) is 1. The molecule has 0 saturated heterocycles. The average Bonchev–Trinajstić information content (AvgIpc) is 3.81. The number of hydrogen-bond donors (Lipinski definition) is 7. The number of phenols is 1. The second-order valence-corrected chi connectivity index (χ2v) is 22.6. The van der Waals surface area contributed by atoms with Gasteiger partial charge in [0.1, 0.15) is 24.0 Å². The van der Waals surface area contributed by atoms with Gasteiger partial charge in [-0.1, -0.05) is 50.5 Å². The number of methoxy groups -OCH3 is 2. The first-order valence-corrected chi connectivity index (χ1v) is 27.4. The van der Waals surface area contributed by atoms with E-state index in [1.54, 1.807) is 24.1 Å². The number of carbonyl (C=O) groups is 2. The highest BCUT2D eigenvalue weighted by atomic mass is 16.5. The van der Waals surface area contributed by atoms with E-state index in [1.807, 2.05) is 19.1 Å². The third-order valence-corrected chi connectivity index (χ3v) is 19.5. The molecule has 5 aliphatic carbocycles. The van der Waals surface area contributed by atoms with Gasteiger partial charge < -0.3 is 54.5 Å². The van der Waals surface area contributed by atoms with Crippen LogP contribution in [0.25, 0.3) is 11.1 Å². The number of phenolic OH excluding ortho intramolecular Hbond substituents is 1. The van der Waals surface area contributed by atoms with Gasteiger partial charge in [0.15, 0.2) is 17.7 Å². The van der Waals surface area contributed by atoms with Crippen molar-refractivity contribution in [3.05, 3.63) is 99.6 Å². The first-order chi connectivity index (χ1) is 36.5. The lowest BCUT2D eigenvalue weighted by Gasteiger charge is -2.65. The van der Waals surface area contributed by atoms with E-state index in [1.165, 1.54) is 30.4 Å². The molecule has 0 unspecified atom stereocenters. The smallest absolute Gasteiger partial charge is 0.254 e. The molecule has 3 saturated carbocycles. The van der Waals surface area contributed by atoms with Crippen molar-refractivity contribution in [1.82, 2.24) is 10.2 Å². The molecule has 4 aromatic rings. The molecule has 0 aromatic heterocycles. The van der Waals surface area contributed by atoms with Crippen LogP contribution in [0.15, 0.2) is 60.7 Å². The van der Waals surface area contributed by atoms with Crippen LogP contribution in [-0.2, 0) is 27.8 Å². The molecule has 8 aliphatic rings. The van der Waals surface area contributed by atoms with Crippen molar-refractivity contribution >= 4 is 17.5 Å². The van der Waals surface area contributed by atoms with E-state index >= 15 is 0 Å². The van der Waals surface area contributed by atoms with Crippen LogP contribution in [0.2, 0.25) is 0 Å². The van der Waals surface area contributed by atoms with Gasteiger partial charge in [0.05, 0.1) is 51.2 Å². The molecular weight excluding hydrogens is 955 g/mol. The summed E-state index contributed by atoms with van der Waals surface area (Å²) < 4.78 is 31.4. The number of anilines is 1. The van der Waals surface area contributed by atoms with Crippen LogP contribution in [0.4, 0.5) is 5.69 Å². The third-order valence-electron chi connectivity index (χ3n) is 19.5. The van der Waals surface area contributed by atoms with E-state index in [2.05, 4.69) is 34.9 Å². The molecule has 12 rings (SSSR count). The monoisotopic (exact) mass is 1030 g/mol. The molecule has 2 bridgehead atoms. The van der Waals surface area contributed by atoms with Crippen LogP contribution in [-0.4, -0.2) is 102 Å². The summed E-state index contributed by atoms with van der Waals surface area (Å²) >= 11 is 0. The van der Waals surface area contributed by atoms with Crippen molar-refractivity contribution in [2.75, 3.05) is 59.2 Å². The summed E-state index contributed by atoms with van der Waals surface area (Å²) in [4.78, 5) is 29.3.